The summed E-state index contributed by atoms with van der Waals surface area (Å²) >= 11 is 5.13. The van der Waals surface area contributed by atoms with Crippen LogP contribution in [0.4, 0.5) is 18.9 Å². The highest BCUT2D eigenvalue weighted by atomic mass is 35.5. The summed E-state index contributed by atoms with van der Waals surface area (Å²) in [6.45, 7) is 0. The molecule has 0 spiro atoms. The summed E-state index contributed by atoms with van der Waals surface area (Å²) in [5, 5.41) is 0. The van der Waals surface area contributed by atoms with Gasteiger partial charge in [-0.1, -0.05) is 6.07 Å². The molecule has 1 aromatic rings. The van der Waals surface area contributed by atoms with E-state index in [0.717, 1.165) is 12.1 Å². The normalized spacial score (nSPS) is 11.3. The predicted octanol–water partition coefficient (Wildman–Crippen LogP) is 3.27. The van der Waals surface area contributed by atoms with E-state index in [-0.39, 0.29) is 5.69 Å². The van der Waals surface area contributed by atoms with Gasteiger partial charge in [-0.3, -0.25) is 4.84 Å². The van der Waals surface area contributed by atoms with E-state index in [1.54, 1.807) is 0 Å². The number of hydrogen-bond donors (Lipinski definition) is 1. The first kappa shape index (κ1) is 9.19. The third-order valence-electron chi connectivity index (χ3n) is 1.30. The van der Waals surface area contributed by atoms with Crippen molar-refractivity contribution in [1.29, 1.82) is 0 Å². The molecule has 66 valence electrons. The summed E-state index contributed by atoms with van der Waals surface area (Å²) in [5.41, 5.74) is -0.486. The van der Waals surface area contributed by atoms with Crippen LogP contribution in [0.2, 0.25) is 0 Å². The Morgan fingerprint density at radius 2 is 1.92 bits per heavy atom. The molecular formula is C7H5ClF3N. The molecule has 1 aromatic carbocycles. The van der Waals surface area contributed by atoms with Crippen molar-refractivity contribution < 1.29 is 13.2 Å². The zero-order chi connectivity index (χ0) is 9.19. The van der Waals surface area contributed by atoms with Gasteiger partial charge in [0.1, 0.15) is 0 Å². The van der Waals surface area contributed by atoms with E-state index in [1.165, 1.54) is 12.1 Å². The lowest BCUT2D eigenvalue weighted by molar-refractivity contribution is -0.137. The first-order chi connectivity index (χ1) is 5.54. The van der Waals surface area contributed by atoms with Crippen molar-refractivity contribution in [3.8, 4) is 0 Å². The molecule has 5 heteroatoms. The average molecular weight is 196 g/mol. The van der Waals surface area contributed by atoms with Gasteiger partial charge in [0.25, 0.3) is 0 Å². The minimum absolute atomic E-state index is 0.228. The van der Waals surface area contributed by atoms with E-state index < -0.39 is 11.7 Å². The van der Waals surface area contributed by atoms with Gasteiger partial charge >= 0.3 is 6.18 Å². The van der Waals surface area contributed by atoms with Crippen LogP contribution in [0.3, 0.4) is 0 Å². The Balaban J connectivity index is 3.02. The Morgan fingerprint density at radius 3 is 2.42 bits per heavy atom. The maximum atomic E-state index is 12.0. The first-order valence-corrected chi connectivity index (χ1v) is 3.46. The Labute approximate surface area is 72.3 Å². The molecule has 12 heavy (non-hydrogen) atoms. The quantitative estimate of drug-likeness (QED) is 0.679. The molecule has 0 aromatic heterocycles. The van der Waals surface area contributed by atoms with Crippen molar-refractivity contribution in [2.75, 3.05) is 4.84 Å². The lowest BCUT2D eigenvalue weighted by atomic mass is 10.2. The standard InChI is InChI=1S/C7H5ClF3N/c8-12-6-3-1-2-5(4-6)7(9,10)11/h1-4,12H. The van der Waals surface area contributed by atoms with Crippen molar-refractivity contribution in [3.05, 3.63) is 29.8 Å². The van der Waals surface area contributed by atoms with E-state index >= 15 is 0 Å². The summed E-state index contributed by atoms with van der Waals surface area (Å²) in [6, 6.07) is 4.65. The fourth-order valence-electron chi connectivity index (χ4n) is 0.754. The number of nitrogens with one attached hydrogen (secondary N) is 1. The van der Waals surface area contributed by atoms with Crippen LogP contribution in [0.15, 0.2) is 24.3 Å². The van der Waals surface area contributed by atoms with Gasteiger partial charge in [-0.15, -0.1) is 0 Å². The molecule has 0 aliphatic heterocycles. The molecule has 1 rings (SSSR count). The van der Waals surface area contributed by atoms with Crippen LogP contribution in [-0.2, 0) is 6.18 Å². The summed E-state index contributed by atoms with van der Waals surface area (Å²) < 4.78 is 36.1. The van der Waals surface area contributed by atoms with E-state index in [2.05, 4.69) is 4.84 Å². The van der Waals surface area contributed by atoms with Gasteiger partial charge in [0.05, 0.1) is 5.56 Å². The van der Waals surface area contributed by atoms with Gasteiger partial charge in [-0.2, -0.15) is 13.2 Å². The summed E-state index contributed by atoms with van der Waals surface area (Å²) in [5.74, 6) is 0. The van der Waals surface area contributed by atoms with Crippen LogP contribution in [-0.4, -0.2) is 0 Å². The molecule has 0 fully saturated rings. The molecule has 0 saturated heterocycles. The Kier molecular flexibility index (Phi) is 2.47. The monoisotopic (exact) mass is 195 g/mol. The first-order valence-electron chi connectivity index (χ1n) is 3.08. The molecular weight excluding hydrogens is 191 g/mol. The van der Waals surface area contributed by atoms with Gasteiger partial charge in [0.2, 0.25) is 0 Å². The minimum Gasteiger partial charge on any atom is -0.299 e. The number of hydrogen-bond acceptors (Lipinski definition) is 1. The van der Waals surface area contributed by atoms with E-state index in [4.69, 9.17) is 11.8 Å². The molecule has 0 atom stereocenters. The second-order valence-corrected chi connectivity index (χ2v) is 2.36. The average Bonchev–Trinajstić information content (AvgIpc) is 2.03. The maximum Gasteiger partial charge on any atom is 0.416 e. The summed E-state index contributed by atoms with van der Waals surface area (Å²) in [6.07, 6.45) is -4.32. The lowest BCUT2D eigenvalue weighted by Crippen LogP contribution is -2.04. The largest absolute Gasteiger partial charge is 0.416 e. The molecule has 0 aliphatic carbocycles. The molecule has 0 aliphatic rings. The number of rotatable bonds is 1. The minimum atomic E-state index is -4.32. The number of anilines is 1. The number of benzene rings is 1. The van der Waals surface area contributed by atoms with Crippen molar-refractivity contribution >= 4 is 17.5 Å². The molecule has 0 saturated carbocycles. The van der Waals surface area contributed by atoms with Crippen LogP contribution >= 0.6 is 11.8 Å². The van der Waals surface area contributed by atoms with Crippen LogP contribution in [0.5, 0.6) is 0 Å². The molecule has 1 nitrogen and oxygen atoms in total. The zero-order valence-corrected chi connectivity index (χ0v) is 6.58. The molecule has 0 bridgehead atoms. The highest BCUT2D eigenvalue weighted by Crippen LogP contribution is 2.30. The van der Waals surface area contributed by atoms with Gasteiger partial charge in [-0.05, 0) is 18.2 Å². The number of alkyl halides is 3. The Morgan fingerprint density at radius 1 is 1.25 bits per heavy atom. The Hall–Kier alpha value is -0.900. The van der Waals surface area contributed by atoms with Gasteiger partial charge in [-0.25, -0.2) is 0 Å². The van der Waals surface area contributed by atoms with E-state index in [9.17, 15) is 13.2 Å². The molecule has 1 N–H and O–H groups in total. The van der Waals surface area contributed by atoms with Crippen LogP contribution < -0.4 is 4.84 Å². The SMILES string of the molecule is FC(F)(F)c1cccc(NCl)c1. The predicted molar refractivity (Wildman–Crippen MR) is 40.9 cm³/mol. The molecule has 0 heterocycles. The van der Waals surface area contributed by atoms with Crippen molar-refractivity contribution in [2.24, 2.45) is 0 Å². The number of halogens is 4. The molecule has 0 unspecified atom stereocenters. The lowest BCUT2D eigenvalue weighted by Gasteiger charge is -2.06. The van der Waals surface area contributed by atoms with Crippen LogP contribution in [0, 0.1) is 0 Å². The maximum absolute atomic E-state index is 12.0. The smallest absolute Gasteiger partial charge is 0.299 e. The van der Waals surface area contributed by atoms with Gasteiger partial charge in [0.15, 0.2) is 0 Å². The van der Waals surface area contributed by atoms with E-state index in [1.807, 2.05) is 0 Å². The summed E-state index contributed by atoms with van der Waals surface area (Å²) in [7, 11) is 0. The third-order valence-corrected chi connectivity index (χ3v) is 1.52. The highest BCUT2D eigenvalue weighted by Gasteiger charge is 2.30. The topological polar surface area (TPSA) is 12.0 Å². The van der Waals surface area contributed by atoms with Crippen molar-refractivity contribution in [2.45, 2.75) is 6.18 Å². The van der Waals surface area contributed by atoms with Gasteiger partial charge in [0, 0.05) is 17.5 Å². The third kappa shape index (κ3) is 2.04. The fraction of sp³-hybridized carbons (Fsp3) is 0.143. The summed E-state index contributed by atoms with van der Waals surface area (Å²) in [4.78, 5) is 2.11. The highest BCUT2D eigenvalue weighted by molar-refractivity contribution is 6.23. The zero-order valence-electron chi connectivity index (χ0n) is 5.82. The van der Waals surface area contributed by atoms with E-state index in [0.29, 0.717) is 0 Å². The molecule has 0 amide bonds. The van der Waals surface area contributed by atoms with Crippen LogP contribution in [0.25, 0.3) is 0 Å². The van der Waals surface area contributed by atoms with Crippen molar-refractivity contribution in [3.63, 3.8) is 0 Å². The second-order valence-electron chi connectivity index (χ2n) is 2.17. The molecule has 0 radical (unpaired) electrons. The Bertz CT molecular complexity index is 272. The van der Waals surface area contributed by atoms with Gasteiger partial charge < -0.3 is 0 Å². The second kappa shape index (κ2) is 3.23. The van der Waals surface area contributed by atoms with Crippen molar-refractivity contribution in [1.82, 2.24) is 0 Å². The van der Waals surface area contributed by atoms with Crippen LogP contribution in [0.1, 0.15) is 5.56 Å². The fourth-order valence-corrected chi connectivity index (χ4v) is 0.872.